The maximum atomic E-state index is 13.2. The molecule has 0 amide bonds. The molecule has 1 aromatic carbocycles. The Morgan fingerprint density at radius 3 is 2.80 bits per heavy atom. The van der Waals surface area contributed by atoms with Crippen molar-refractivity contribution in [2.45, 2.75) is 6.92 Å². The number of nitrogen functional groups attached to an aromatic ring is 1. The minimum atomic E-state index is -0.621. The normalized spacial score (nSPS) is 10.3. The van der Waals surface area contributed by atoms with Gasteiger partial charge in [-0.15, -0.1) is 0 Å². The fourth-order valence-electron chi connectivity index (χ4n) is 1.62. The topological polar surface area (TPSA) is 107 Å². The second kappa shape index (κ2) is 5.37. The molecule has 2 aromatic rings. The van der Waals surface area contributed by atoms with Gasteiger partial charge >= 0.3 is 5.69 Å². The Bertz CT molecular complexity index is 695. The van der Waals surface area contributed by atoms with Crippen LogP contribution in [0.2, 0.25) is 0 Å². The second-order valence-corrected chi connectivity index (χ2v) is 4.73. The molecule has 3 N–H and O–H groups in total. The van der Waals surface area contributed by atoms with Crippen molar-refractivity contribution in [1.82, 2.24) is 9.97 Å². The molecule has 2 rings (SSSR count). The van der Waals surface area contributed by atoms with E-state index in [-0.39, 0.29) is 23.1 Å². The number of aromatic nitrogens is 2. The van der Waals surface area contributed by atoms with Crippen molar-refractivity contribution in [2.75, 3.05) is 11.1 Å². The van der Waals surface area contributed by atoms with Crippen LogP contribution in [0.5, 0.6) is 0 Å². The van der Waals surface area contributed by atoms with Crippen LogP contribution in [0.4, 0.5) is 27.5 Å². The number of rotatable bonds is 3. The summed E-state index contributed by atoms with van der Waals surface area (Å²) in [5, 5.41) is 13.7. The molecule has 0 radical (unpaired) electrons. The van der Waals surface area contributed by atoms with Gasteiger partial charge in [-0.2, -0.15) is 4.98 Å². The maximum Gasteiger partial charge on any atom is 0.332 e. The van der Waals surface area contributed by atoms with E-state index in [2.05, 4.69) is 31.2 Å². The first kappa shape index (κ1) is 14.1. The average Bonchev–Trinajstić information content (AvgIpc) is 2.32. The predicted octanol–water partition coefficient (Wildman–Crippen LogP) is 2.92. The van der Waals surface area contributed by atoms with Gasteiger partial charge < -0.3 is 11.1 Å². The smallest absolute Gasteiger partial charge is 0.332 e. The Morgan fingerprint density at radius 2 is 2.15 bits per heavy atom. The average molecular weight is 342 g/mol. The van der Waals surface area contributed by atoms with E-state index in [1.165, 1.54) is 25.1 Å². The van der Waals surface area contributed by atoms with Gasteiger partial charge in [0.2, 0.25) is 11.8 Å². The first-order valence-corrected chi connectivity index (χ1v) is 6.18. The number of nitrogens with zero attached hydrogens (tertiary/aromatic N) is 3. The molecule has 0 atom stereocenters. The molecule has 7 nitrogen and oxygen atoms in total. The van der Waals surface area contributed by atoms with Gasteiger partial charge in [0, 0.05) is 4.47 Å². The number of hydrogen-bond acceptors (Lipinski definition) is 6. The minimum Gasteiger partial charge on any atom is -0.368 e. The van der Waals surface area contributed by atoms with Gasteiger partial charge in [-0.1, -0.05) is 0 Å². The highest BCUT2D eigenvalue weighted by molar-refractivity contribution is 9.10. The summed E-state index contributed by atoms with van der Waals surface area (Å²) < 4.78 is 13.7. The molecule has 0 aliphatic rings. The minimum absolute atomic E-state index is 0.0914. The van der Waals surface area contributed by atoms with Crippen LogP contribution in [0.1, 0.15) is 5.69 Å². The van der Waals surface area contributed by atoms with Gasteiger partial charge in [-0.05, 0) is 41.1 Å². The van der Waals surface area contributed by atoms with Crippen LogP contribution < -0.4 is 11.1 Å². The lowest BCUT2D eigenvalue weighted by Gasteiger charge is -2.09. The highest BCUT2D eigenvalue weighted by Gasteiger charge is 2.22. The van der Waals surface area contributed by atoms with E-state index >= 15 is 0 Å². The number of aryl methyl sites for hydroxylation is 1. The lowest BCUT2D eigenvalue weighted by molar-refractivity contribution is -0.385. The summed E-state index contributed by atoms with van der Waals surface area (Å²) in [6, 6.07) is 3.91. The Morgan fingerprint density at radius 1 is 1.45 bits per heavy atom. The molecular weight excluding hydrogens is 333 g/mol. The lowest BCUT2D eigenvalue weighted by Crippen LogP contribution is -2.07. The third kappa shape index (κ3) is 2.82. The Balaban J connectivity index is 2.53. The molecule has 0 aliphatic heterocycles. The summed E-state index contributed by atoms with van der Waals surface area (Å²) in [4.78, 5) is 18.0. The Labute approximate surface area is 121 Å². The first-order valence-electron chi connectivity index (χ1n) is 5.39. The molecular formula is C11H9BrFN5O2. The predicted molar refractivity (Wildman–Crippen MR) is 75.2 cm³/mol. The standard InChI is InChI=1S/C11H9BrFN5O2/c1-5-9(18(19)20)10(17-11(14)15-5)16-8-4-6(13)2-3-7(8)12/h2-4H,1H3,(H3,14,15,16,17). The highest BCUT2D eigenvalue weighted by atomic mass is 79.9. The SMILES string of the molecule is Cc1nc(N)nc(Nc2cc(F)ccc2Br)c1[N+](=O)[O-]. The number of nitro groups is 1. The quantitative estimate of drug-likeness (QED) is 0.656. The Hall–Kier alpha value is -2.29. The third-order valence-corrected chi connectivity index (χ3v) is 3.13. The van der Waals surface area contributed by atoms with Crippen molar-refractivity contribution in [3.63, 3.8) is 0 Å². The molecule has 0 unspecified atom stereocenters. The van der Waals surface area contributed by atoms with E-state index in [1.54, 1.807) is 0 Å². The number of nitrogens with one attached hydrogen (secondary N) is 1. The van der Waals surface area contributed by atoms with Crippen LogP contribution in [0.3, 0.4) is 0 Å². The van der Waals surface area contributed by atoms with Crippen molar-refractivity contribution in [3.8, 4) is 0 Å². The third-order valence-electron chi connectivity index (χ3n) is 2.44. The summed E-state index contributed by atoms with van der Waals surface area (Å²) in [5.41, 5.74) is 5.59. The van der Waals surface area contributed by atoms with Gasteiger partial charge in [0.25, 0.3) is 0 Å². The number of halogens is 2. The molecule has 0 fully saturated rings. The van der Waals surface area contributed by atoms with Crippen LogP contribution in [-0.2, 0) is 0 Å². The molecule has 9 heteroatoms. The molecule has 0 saturated heterocycles. The largest absolute Gasteiger partial charge is 0.368 e. The van der Waals surface area contributed by atoms with Gasteiger partial charge in [-0.3, -0.25) is 10.1 Å². The summed E-state index contributed by atoms with van der Waals surface area (Å²) in [6.45, 7) is 1.45. The molecule has 20 heavy (non-hydrogen) atoms. The van der Waals surface area contributed by atoms with E-state index < -0.39 is 10.7 Å². The van der Waals surface area contributed by atoms with E-state index in [0.29, 0.717) is 10.2 Å². The summed E-state index contributed by atoms with van der Waals surface area (Å²) in [7, 11) is 0. The van der Waals surface area contributed by atoms with Gasteiger partial charge in [0.1, 0.15) is 11.5 Å². The second-order valence-electron chi connectivity index (χ2n) is 3.87. The molecule has 1 aromatic heterocycles. The fourth-order valence-corrected chi connectivity index (χ4v) is 1.96. The summed E-state index contributed by atoms with van der Waals surface area (Å²) in [6.07, 6.45) is 0. The molecule has 0 bridgehead atoms. The monoisotopic (exact) mass is 341 g/mol. The zero-order chi connectivity index (χ0) is 14.9. The van der Waals surface area contributed by atoms with E-state index in [4.69, 9.17) is 5.73 Å². The molecule has 0 saturated carbocycles. The van der Waals surface area contributed by atoms with Crippen LogP contribution in [0.15, 0.2) is 22.7 Å². The molecule has 104 valence electrons. The van der Waals surface area contributed by atoms with Gasteiger partial charge in [0.05, 0.1) is 10.6 Å². The number of hydrogen-bond donors (Lipinski definition) is 2. The zero-order valence-corrected chi connectivity index (χ0v) is 11.8. The molecule has 1 heterocycles. The lowest BCUT2D eigenvalue weighted by atomic mass is 10.3. The van der Waals surface area contributed by atoms with Crippen LogP contribution in [0, 0.1) is 22.9 Å². The number of benzene rings is 1. The molecule has 0 spiro atoms. The van der Waals surface area contributed by atoms with E-state index in [0.717, 1.165) is 0 Å². The zero-order valence-electron chi connectivity index (χ0n) is 10.2. The molecule has 0 aliphatic carbocycles. The van der Waals surface area contributed by atoms with Crippen molar-refractivity contribution in [1.29, 1.82) is 0 Å². The Kier molecular flexibility index (Phi) is 3.79. The van der Waals surface area contributed by atoms with Gasteiger partial charge in [-0.25, -0.2) is 9.37 Å². The maximum absolute atomic E-state index is 13.2. The van der Waals surface area contributed by atoms with Crippen molar-refractivity contribution >= 4 is 39.1 Å². The van der Waals surface area contributed by atoms with E-state index in [9.17, 15) is 14.5 Å². The summed E-state index contributed by atoms with van der Waals surface area (Å²) >= 11 is 3.21. The van der Waals surface area contributed by atoms with Crippen molar-refractivity contribution in [3.05, 3.63) is 44.3 Å². The fraction of sp³-hybridized carbons (Fsp3) is 0.0909. The highest BCUT2D eigenvalue weighted by Crippen LogP contribution is 2.32. The van der Waals surface area contributed by atoms with Crippen molar-refractivity contribution < 1.29 is 9.31 Å². The number of anilines is 3. The van der Waals surface area contributed by atoms with Crippen LogP contribution in [-0.4, -0.2) is 14.9 Å². The number of nitrogens with two attached hydrogens (primary N) is 1. The van der Waals surface area contributed by atoms with Crippen molar-refractivity contribution in [2.24, 2.45) is 0 Å². The summed E-state index contributed by atoms with van der Waals surface area (Å²) in [5.74, 6) is -0.688. The van der Waals surface area contributed by atoms with E-state index in [1.807, 2.05) is 0 Å². The van der Waals surface area contributed by atoms with Crippen LogP contribution in [0.25, 0.3) is 0 Å². The van der Waals surface area contributed by atoms with Crippen LogP contribution >= 0.6 is 15.9 Å². The first-order chi connectivity index (χ1) is 9.38. The van der Waals surface area contributed by atoms with Gasteiger partial charge in [0.15, 0.2) is 0 Å².